The lowest BCUT2D eigenvalue weighted by atomic mass is 10.1. The molecule has 2 aromatic rings. The summed E-state index contributed by atoms with van der Waals surface area (Å²) >= 11 is 12.0. The molecule has 1 aromatic heterocycles. The lowest BCUT2D eigenvalue weighted by Crippen LogP contribution is -2.50. The molecule has 0 atom stereocenters. The number of nitrogens with zero attached hydrogens (tertiary/aromatic N) is 5. The maximum absolute atomic E-state index is 12.6. The van der Waals surface area contributed by atoms with Crippen LogP contribution in [0.25, 0.3) is 0 Å². The summed E-state index contributed by atoms with van der Waals surface area (Å²) in [5, 5.41) is 0.924. The number of carbonyl (C=O) groups is 1. The fourth-order valence-corrected chi connectivity index (χ4v) is 4.40. The molecule has 2 fully saturated rings. The van der Waals surface area contributed by atoms with Gasteiger partial charge in [0.15, 0.2) is 6.61 Å². The molecule has 0 radical (unpaired) electrons. The molecule has 2 aliphatic rings. The van der Waals surface area contributed by atoms with Gasteiger partial charge in [0.1, 0.15) is 11.6 Å². The third-order valence-corrected chi connectivity index (χ3v) is 6.20. The molecular weight excluding hydrogens is 437 g/mol. The average molecular weight is 464 g/mol. The summed E-state index contributed by atoms with van der Waals surface area (Å²) in [4.78, 5) is 28.4. The van der Waals surface area contributed by atoms with Crippen LogP contribution in [-0.4, -0.2) is 66.7 Å². The standard InChI is InChI=1S/C22H27Cl2N5O2/c1-16-13-20(27-7-3-2-4-8-27)26-22(25-16)29-11-9-28(10-12-29)21(30)15-31-19-6-5-17(23)14-18(19)24/h5-6,13-14H,2-4,7-12,15H2,1H3. The first-order chi connectivity index (χ1) is 15.0. The van der Waals surface area contributed by atoms with E-state index < -0.39 is 0 Å². The Morgan fingerprint density at radius 1 is 0.968 bits per heavy atom. The Labute approximate surface area is 192 Å². The number of amides is 1. The minimum atomic E-state index is -0.0650. The second-order valence-corrected chi connectivity index (χ2v) is 8.79. The zero-order valence-corrected chi connectivity index (χ0v) is 19.2. The van der Waals surface area contributed by atoms with Gasteiger partial charge in [-0.25, -0.2) is 4.98 Å². The van der Waals surface area contributed by atoms with E-state index in [2.05, 4.69) is 20.9 Å². The Balaban J connectivity index is 1.33. The van der Waals surface area contributed by atoms with Crippen LogP contribution in [0.2, 0.25) is 10.0 Å². The summed E-state index contributed by atoms with van der Waals surface area (Å²) in [6, 6.07) is 7.02. The Morgan fingerprint density at radius 3 is 2.42 bits per heavy atom. The zero-order valence-electron chi connectivity index (χ0n) is 17.7. The molecule has 2 aliphatic heterocycles. The maximum atomic E-state index is 12.6. The molecular formula is C22H27Cl2N5O2. The van der Waals surface area contributed by atoms with E-state index in [1.165, 1.54) is 19.3 Å². The number of ether oxygens (including phenoxy) is 1. The van der Waals surface area contributed by atoms with Gasteiger partial charge in [0, 0.05) is 56.1 Å². The molecule has 0 N–H and O–H groups in total. The molecule has 0 unspecified atom stereocenters. The Kier molecular flexibility index (Phi) is 7.02. The fraction of sp³-hybridized carbons (Fsp3) is 0.500. The Hall–Kier alpha value is -2.25. The van der Waals surface area contributed by atoms with Crippen LogP contribution < -0.4 is 14.5 Å². The summed E-state index contributed by atoms with van der Waals surface area (Å²) in [6.45, 7) is 6.65. The van der Waals surface area contributed by atoms with Crippen LogP contribution in [0.4, 0.5) is 11.8 Å². The van der Waals surface area contributed by atoms with Gasteiger partial charge < -0.3 is 19.4 Å². The third kappa shape index (κ3) is 5.52. The van der Waals surface area contributed by atoms with Gasteiger partial charge in [-0.05, 0) is 44.4 Å². The molecule has 9 heteroatoms. The minimum absolute atomic E-state index is 0.0542. The van der Waals surface area contributed by atoms with Crippen LogP contribution in [0.3, 0.4) is 0 Å². The van der Waals surface area contributed by atoms with E-state index in [-0.39, 0.29) is 12.5 Å². The number of piperidine rings is 1. The highest BCUT2D eigenvalue weighted by atomic mass is 35.5. The number of anilines is 2. The van der Waals surface area contributed by atoms with Gasteiger partial charge in [0.05, 0.1) is 5.02 Å². The smallest absolute Gasteiger partial charge is 0.260 e. The van der Waals surface area contributed by atoms with Crippen molar-refractivity contribution >= 4 is 40.9 Å². The summed E-state index contributed by atoms with van der Waals surface area (Å²) in [5.74, 6) is 2.15. The Morgan fingerprint density at radius 2 is 1.71 bits per heavy atom. The van der Waals surface area contributed by atoms with Gasteiger partial charge in [-0.15, -0.1) is 0 Å². The second kappa shape index (κ2) is 9.92. The van der Waals surface area contributed by atoms with Gasteiger partial charge in [0.2, 0.25) is 5.95 Å². The molecule has 166 valence electrons. The highest BCUT2D eigenvalue weighted by Crippen LogP contribution is 2.27. The molecule has 1 amide bonds. The van der Waals surface area contributed by atoms with Crippen LogP contribution in [0.15, 0.2) is 24.3 Å². The van der Waals surface area contributed by atoms with Gasteiger partial charge in [-0.2, -0.15) is 4.98 Å². The van der Waals surface area contributed by atoms with Crippen molar-refractivity contribution in [3.8, 4) is 5.75 Å². The van der Waals surface area contributed by atoms with Gasteiger partial charge >= 0.3 is 0 Å². The molecule has 0 bridgehead atoms. The van der Waals surface area contributed by atoms with Crippen LogP contribution in [0.5, 0.6) is 5.75 Å². The van der Waals surface area contributed by atoms with E-state index >= 15 is 0 Å². The first kappa shape index (κ1) is 22.0. The van der Waals surface area contributed by atoms with Crippen molar-refractivity contribution in [2.24, 2.45) is 0 Å². The van der Waals surface area contributed by atoms with Crippen molar-refractivity contribution in [2.45, 2.75) is 26.2 Å². The van der Waals surface area contributed by atoms with Crippen molar-refractivity contribution in [1.82, 2.24) is 14.9 Å². The average Bonchev–Trinajstić information content (AvgIpc) is 2.78. The molecule has 0 aliphatic carbocycles. The number of rotatable bonds is 5. The summed E-state index contributed by atoms with van der Waals surface area (Å²) < 4.78 is 5.59. The lowest BCUT2D eigenvalue weighted by molar-refractivity contribution is -0.133. The first-order valence-electron chi connectivity index (χ1n) is 10.7. The number of halogens is 2. The summed E-state index contributed by atoms with van der Waals surface area (Å²) in [7, 11) is 0. The highest BCUT2D eigenvalue weighted by Gasteiger charge is 2.24. The van der Waals surface area contributed by atoms with Gasteiger partial charge in [-0.3, -0.25) is 4.79 Å². The minimum Gasteiger partial charge on any atom is -0.482 e. The molecule has 3 heterocycles. The molecule has 4 rings (SSSR count). The van der Waals surface area contributed by atoms with E-state index in [4.69, 9.17) is 32.9 Å². The van der Waals surface area contributed by atoms with E-state index in [0.717, 1.165) is 30.5 Å². The summed E-state index contributed by atoms with van der Waals surface area (Å²) in [6.07, 6.45) is 3.71. The molecule has 7 nitrogen and oxygen atoms in total. The number of benzene rings is 1. The van der Waals surface area contributed by atoms with E-state index in [1.54, 1.807) is 18.2 Å². The number of aryl methyl sites for hydroxylation is 1. The largest absolute Gasteiger partial charge is 0.482 e. The van der Waals surface area contributed by atoms with Gasteiger partial charge in [-0.1, -0.05) is 23.2 Å². The van der Waals surface area contributed by atoms with Crippen LogP contribution in [-0.2, 0) is 4.79 Å². The van der Waals surface area contributed by atoms with Crippen molar-refractivity contribution in [1.29, 1.82) is 0 Å². The van der Waals surface area contributed by atoms with E-state index in [9.17, 15) is 4.79 Å². The predicted molar refractivity (Wildman–Crippen MR) is 124 cm³/mol. The molecule has 31 heavy (non-hydrogen) atoms. The lowest BCUT2D eigenvalue weighted by Gasteiger charge is -2.35. The van der Waals surface area contributed by atoms with Crippen LogP contribution in [0.1, 0.15) is 25.0 Å². The SMILES string of the molecule is Cc1cc(N2CCCCC2)nc(N2CCN(C(=O)COc3ccc(Cl)cc3Cl)CC2)n1. The van der Waals surface area contributed by atoms with Crippen LogP contribution in [0, 0.1) is 6.92 Å². The number of carbonyl (C=O) groups excluding carboxylic acids is 1. The molecule has 0 saturated carbocycles. The molecule has 0 spiro atoms. The van der Waals surface area contributed by atoms with Crippen LogP contribution >= 0.6 is 23.2 Å². The third-order valence-electron chi connectivity index (χ3n) is 5.67. The van der Waals surface area contributed by atoms with Crippen molar-refractivity contribution in [2.75, 3.05) is 55.7 Å². The predicted octanol–water partition coefficient (Wildman–Crippen LogP) is 3.81. The van der Waals surface area contributed by atoms with E-state index in [1.807, 2.05) is 11.8 Å². The van der Waals surface area contributed by atoms with Gasteiger partial charge in [0.25, 0.3) is 5.91 Å². The zero-order chi connectivity index (χ0) is 21.8. The monoisotopic (exact) mass is 463 g/mol. The highest BCUT2D eigenvalue weighted by molar-refractivity contribution is 6.35. The fourth-order valence-electron chi connectivity index (χ4n) is 3.94. The maximum Gasteiger partial charge on any atom is 0.260 e. The first-order valence-corrected chi connectivity index (χ1v) is 11.5. The second-order valence-electron chi connectivity index (χ2n) is 7.95. The molecule has 1 aromatic carbocycles. The topological polar surface area (TPSA) is 61.8 Å². The van der Waals surface area contributed by atoms with Crippen molar-refractivity contribution in [3.63, 3.8) is 0 Å². The normalized spacial score (nSPS) is 17.1. The number of hydrogen-bond acceptors (Lipinski definition) is 6. The quantitative estimate of drug-likeness (QED) is 0.671. The van der Waals surface area contributed by atoms with Crippen molar-refractivity contribution in [3.05, 3.63) is 40.0 Å². The van der Waals surface area contributed by atoms with Crippen molar-refractivity contribution < 1.29 is 9.53 Å². The van der Waals surface area contributed by atoms with E-state index in [0.29, 0.717) is 42.0 Å². The Bertz CT molecular complexity index is 928. The number of hydrogen-bond donors (Lipinski definition) is 0. The molecule has 2 saturated heterocycles. The summed E-state index contributed by atoms with van der Waals surface area (Å²) in [5.41, 5.74) is 0.970. The number of aromatic nitrogens is 2. The number of piperazine rings is 1.